The lowest BCUT2D eigenvalue weighted by Gasteiger charge is -2.35. The fourth-order valence-electron chi connectivity index (χ4n) is 3.82. The molecular formula is C22H28N4O2. The molecule has 2 aromatic rings. The van der Waals surface area contributed by atoms with Crippen LogP contribution in [0.2, 0.25) is 0 Å². The van der Waals surface area contributed by atoms with Gasteiger partial charge in [0.15, 0.2) is 0 Å². The quantitative estimate of drug-likeness (QED) is 0.687. The number of carbonyl (C=O) groups is 2. The van der Waals surface area contributed by atoms with Gasteiger partial charge in [-0.2, -0.15) is 0 Å². The van der Waals surface area contributed by atoms with Crippen molar-refractivity contribution >= 4 is 17.5 Å². The second kappa shape index (κ2) is 9.46. The maximum Gasteiger partial charge on any atom is 0.255 e. The number of carbonyl (C=O) groups excluding carboxylic acids is 2. The first kappa shape index (κ1) is 20.0. The Morgan fingerprint density at radius 2 is 1.82 bits per heavy atom. The number of nitrogens with one attached hydrogen (secondary N) is 2. The number of hydrogen-bond acceptors (Lipinski definition) is 4. The van der Waals surface area contributed by atoms with Crippen molar-refractivity contribution in [3.8, 4) is 0 Å². The number of pyridine rings is 1. The van der Waals surface area contributed by atoms with Gasteiger partial charge in [-0.25, -0.2) is 0 Å². The Bertz CT molecular complexity index is 801. The summed E-state index contributed by atoms with van der Waals surface area (Å²) >= 11 is 0. The molecule has 0 unspecified atom stereocenters. The zero-order chi connectivity index (χ0) is 19.8. The van der Waals surface area contributed by atoms with Gasteiger partial charge in [0.2, 0.25) is 5.91 Å². The van der Waals surface area contributed by atoms with Gasteiger partial charge in [0.25, 0.3) is 5.91 Å². The van der Waals surface area contributed by atoms with Gasteiger partial charge in [0.05, 0.1) is 0 Å². The standard InChI is InChI=1S/C22H28N4O2/c23-16-22(9-2-1-3-10-22)14-20(27)25-15-17-5-4-6-19(13-17)26-21(28)18-7-11-24-12-8-18/h4-8,11-13H,1-3,9-10,14-16,23H2,(H,25,27)(H,26,28). The molecule has 4 N–H and O–H groups in total. The number of aromatic nitrogens is 1. The summed E-state index contributed by atoms with van der Waals surface area (Å²) in [5.74, 6) is -0.149. The van der Waals surface area contributed by atoms with Gasteiger partial charge in [-0.1, -0.05) is 31.4 Å². The molecule has 0 bridgehead atoms. The number of anilines is 1. The van der Waals surface area contributed by atoms with E-state index < -0.39 is 0 Å². The topological polar surface area (TPSA) is 97.1 Å². The third-order valence-electron chi connectivity index (χ3n) is 5.50. The third-order valence-corrected chi connectivity index (χ3v) is 5.50. The number of amides is 2. The van der Waals surface area contributed by atoms with Crippen molar-refractivity contribution in [2.75, 3.05) is 11.9 Å². The van der Waals surface area contributed by atoms with Crippen LogP contribution in [-0.2, 0) is 11.3 Å². The highest BCUT2D eigenvalue weighted by Crippen LogP contribution is 2.38. The van der Waals surface area contributed by atoms with Gasteiger partial charge in [-0.15, -0.1) is 0 Å². The van der Waals surface area contributed by atoms with Gasteiger partial charge in [0.1, 0.15) is 0 Å². The molecule has 28 heavy (non-hydrogen) atoms. The van der Waals surface area contributed by atoms with Crippen LogP contribution in [0.3, 0.4) is 0 Å². The van der Waals surface area contributed by atoms with Crippen LogP contribution in [0.5, 0.6) is 0 Å². The average molecular weight is 380 g/mol. The second-order valence-electron chi connectivity index (χ2n) is 7.61. The maximum absolute atomic E-state index is 12.5. The Morgan fingerprint density at radius 3 is 2.54 bits per heavy atom. The fraction of sp³-hybridized carbons (Fsp3) is 0.409. The molecule has 2 amide bonds. The summed E-state index contributed by atoms with van der Waals surface area (Å²) in [5, 5.41) is 5.87. The minimum absolute atomic E-state index is 0.0390. The summed E-state index contributed by atoms with van der Waals surface area (Å²) in [5.41, 5.74) is 8.12. The largest absolute Gasteiger partial charge is 0.352 e. The molecule has 0 aliphatic heterocycles. The van der Waals surface area contributed by atoms with Gasteiger partial charge < -0.3 is 16.4 Å². The third kappa shape index (κ3) is 5.39. The smallest absolute Gasteiger partial charge is 0.255 e. The van der Waals surface area contributed by atoms with Crippen molar-refractivity contribution in [1.29, 1.82) is 0 Å². The molecule has 0 spiro atoms. The summed E-state index contributed by atoms with van der Waals surface area (Å²) in [4.78, 5) is 28.6. The van der Waals surface area contributed by atoms with Crippen LogP contribution in [0.15, 0.2) is 48.8 Å². The van der Waals surface area contributed by atoms with Crippen molar-refractivity contribution in [1.82, 2.24) is 10.3 Å². The SMILES string of the molecule is NCC1(CC(=O)NCc2cccc(NC(=O)c3ccncc3)c2)CCCCC1. The lowest BCUT2D eigenvalue weighted by atomic mass is 9.71. The normalized spacial score (nSPS) is 15.6. The lowest BCUT2D eigenvalue weighted by Crippen LogP contribution is -2.38. The average Bonchev–Trinajstić information content (AvgIpc) is 2.74. The Balaban J connectivity index is 1.54. The van der Waals surface area contributed by atoms with E-state index in [0.29, 0.717) is 30.8 Å². The van der Waals surface area contributed by atoms with Gasteiger partial charge in [0, 0.05) is 36.6 Å². The monoisotopic (exact) mass is 380 g/mol. The predicted octanol–water partition coefficient (Wildman–Crippen LogP) is 3.25. The molecule has 1 heterocycles. The van der Waals surface area contributed by atoms with Crippen molar-refractivity contribution in [2.45, 2.75) is 45.1 Å². The number of hydrogen-bond donors (Lipinski definition) is 3. The van der Waals surface area contributed by atoms with E-state index in [0.717, 1.165) is 31.2 Å². The minimum atomic E-state index is -0.189. The van der Waals surface area contributed by atoms with E-state index in [4.69, 9.17) is 5.73 Å². The second-order valence-corrected chi connectivity index (χ2v) is 7.61. The molecular weight excluding hydrogens is 352 g/mol. The molecule has 1 aromatic carbocycles. The Hall–Kier alpha value is -2.73. The number of nitrogens with two attached hydrogens (primary N) is 1. The van der Waals surface area contributed by atoms with Crippen molar-refractivity contribution in [3.63, 3.8) is 0 Å². The summed E-state index contributed by atoms with van der Waals surface area (Å²) in [7, 11) is 0. The van der Waals surface area contributed by atoms with E-state index in [2.05, 4.69) is 15.6 Å². The lowest BCUT2D eigenvalue weighted by molar-refractivity contribution is -0.124. The van der Waals surface area contributed by atoms with Gasteiger partial charge >= 0.3 is 0 Å². The Kier molecular flexibility index (Phi) is 6.76. The van der Waals surface area contributed by atoms with E-state index in [1.165, 1.54) is 6.42 Å². The van der Waals surface area contributed by atoms with E-state index >= 15 is 0 Å². The first-order chi connectivity index (χ1) is 13.6. The van der Waals surface area contributed by atoms with Crippen LogP contribution in [0.4, 0.5) is 5.69 Å². The molecule has 1 aliphatic carbocycles. The summed E-state index contributed by atoms with van der Waals surface area (Å²) in [6, 6.07) is 10.8. The first-order valence-corrected chi connectivity index (χ1v) is 9.87. The molecule has 0 saturated heterocycles. The molecule has 6 heteroatoms. The van der Waals surface area contributed by atoms with Crippen molar-refractivity contribution in [2.24, 2.45) is 11.1 Å². The predicted molar refractivity (Wildman–Crippen MR) is 110 cm³/mol. The van der Waals surface area contributed by atoms with Crippen LogP contribution in [-0.4, -0.2) is 23.3 Å². The minimum Gasteiger partial charge on any atom is -0.352 e. The number of rotatable bonds is 7. The molecule has 1 saturated carbocycles. The van der Waals surface area contributed by atoms with Crippen molar-refractivity contribution in [3.05, 3.63) is 59.9 Å². The Morgan fingerprint density at radius 1 is 1.07 bits per heavy atom. The van der Waals surface area contributed by atoms with Crippen LogP contribution < -0.4 is 16.4 Å². The van der Waals surface area contributed by atoms with Crippen LogP contribution >= 0.6 is 0 Å². The molecule has 0 radical (unpaired) electrons. The summed E-state index contributed by atoms with van der Waals surface area (Å²) in [6.07, 6.45) is 9.28. The highest BCUT2D eigenvalue weighted by Gasteiger charge is 2.32. The molecule has 0 atom stereocenters. The number of benzene rings is 1. The zero-order valence-corrected chi connectivity index (χ0v) is 16.1. The fourth-order valence-corrected chi connectivity index (χ4v) is 3.82. The van der Waals surface area contributed by atoms with Crippen molar-refractivity contribution < 1.29 is 9.59 Å². The highest BCUT2D eigenvalue weighted by molar-refractivity contribution is 6.04. The maximum atomic E-state index is 12.5. The molecule has 3 rings (SSSR count). The number of nitrogens with zero attached hydrogens (tertiary/aromatic N) is 1. The molecule has 6 nitrogen and oxygen atoms in total. The van der Waals surface area contributed by atoms with Gasteiger partial charge in [-0.3, -0.25) is 14.6 Å². The summed E-state index contributed by atoms with van der Waals surface area (Å²) < 4.78 is 0. The van der Waals surface area contributed by atoms with Crippen LogP contribution in [0.1, 0.15) is 54.4 Å². The highest BCUT2D eigenvalue weighted by atomic mass is 16.2. The first-order valence-electron chi connectivity index (χ1n) is 9.87. The summed E-state index contributed by atoms with van der Waals surface area (Å²) in [6.45, 7) is 0.995. The zero-order valence-electron chi connectivity index (χ0n) is 16.1. The van der Waals surface area contributed by atoms with Crippen LogP contribution in [0, 0.1) is 5.41 Å². The molecule has 1 aromatic heterocycles. The van der Waals surface area contributed by atoms with E-state index in [1.807, 2.05) is 24.3 Å². The Labute approximate surface area is 165 Å². The van der Waals surface area contributed by atoms with Crippen LogP contribution in [0.25, 0.3) is 0 Å². The van der Waals surface area contributed by atoms with Gasteiger partial charge in [-0.05, 0) is 54.6 Å². The van der Waals surface area contributed by atoms with E-state index in [1.54, 1.807) is 24.5 Å². The molecule has 1 aliphatic rings. The van der Waals surface area contributed by atoms with E-state index in [9.17, 15) is 9.59 Å². The molecule has 148 valence electrons. The molecule has 1 fully saturated rings. The van der Waals surface area contributed by atoms with E-state index in [-0.39, 0.29) is 17.2 Å².